The Balaban J connectivity index is 2.42. The molecule has 0 saturated carbocycles. The molecule has 3 heteroatoms. The average Bonchev–Trinajstić information content (AvgIpc) is 1.87. The molecular weight excluding hydrogens is 108 g/mol. The van der Waals surface area contributed by atoms with Crippen molar-refractivity contribution in [2.45, 2.75) is 12.3 Å². The van der Waals surface area contributed by atoms with E-state index in [1.165, 1.54) is 0 Å². The second-order valence-electron chi connectivity index (χ2n) is 1.50. The first-order valence-electron chi connectivity index (χ1n) is 2.16. The Kier molecular flexibility index (Phi) is 1.15. The lowest BCUT2D eigenvalue weighted by atomic mass is 10.7. The van der Waals surface area contributed by atoms with Crippen molar-refractivity contribution in [2.24, 2.45) is 5.73 Å². The highest BCUT2D eigenvalue weighted by molar-refractivity contribution is 8.02. The third-order valence-electron chi connectivity index (χ3n) is 0.769. The van der Waals surface area contributed by atoms with Crippen LogP contribution in [-0.2, 0) is 0 Å². The van der Waals surface area contributed by atoms with Crippen LogP contribution >= 0.6 is 11.8 Å². The molecule has 1 atom stereocenters. The Labute approximate surface area is 47.2 Å². The molecule has 0 aromatic heterocycles. The second-order valence-corrected chi connectivity index (χ2v) is 2.71. The van der Waals surface area contributed by atoms with E-state index in [0.717, 1.165) is 5.82 Å². The first-order valence-corrected chi connectivity index (χ1v) is 3.11. The predicted molar refractivity (Wildman–Crippen MR) is 32.5 cm³/mol. The van der Waals surface area contributed by atoms with E-state index in [-0.39, 0.29) is 0 Å². The van der Waals surface area contributed by atoms with E-state index in [2.05, 4.69) is 12.2 Å². The van der Waals surface area contributed by atoms with E-state index in [1.54, 1.807) is 11.8 Å². The van der Waals surface area contributed by atoms with E-state index in [1.807, 2.05) is 5.41 Å². The van der Waals surface area contributed by atoms with Crippen LogP contribution in [0.1, 0.15) is 6.92 Å². The molecule has 0 bridgehead atoms. The number of hydrogen-bond acceptors (Lipinski definition) is 3. The summed E-state index contributed by atoms with van der Waals surface area (Å²) in [5.74, 6) is 0.789. The van der Waals surface area contributed by atoms with E-state index < -0.39 is 0 Å². The Hall–Kier alpha value is -0.310. The van der Waals surface area contributed by atoms with Crippen molar-refractivity contribution >= 4 is 11.8 Å². The minimum absolute atomic E-state index is 0.472. The van der Waals surface area contributed by atoms with Gasteiger partial charge in [-0.05, 0) is 6.92 Å². The van der Waals surface area contributed by atoms with Gasteiger partial charge in [0, 0.05) is 5.41 Å². The van der Waals surface area contributed by atoms with Crippen LogP contribution in [0.2, 0.25) is 0 Å². The van der Waals surface area contributed by atoms with Gasteiger partial charge in [0.15, 0.2) is 0 Å². The lowest BCUT2D eigenvalue weighted by Crippen LogP contribution is -2.20. The van der Waals surface area contributed by atoms with Crippen molar-refractivity contribution in [2.75, 3.05) is 0 Å². The summed E-state index contributed by atoms with van der Waals surface area (Å²) < 4.78 is 0. The Bertz CT molecular complexity index is 99.9. The Morgan fingerprint density at radius 3 is 2.86 bits per heavy atom. The van der Waals surface area contributed by atoms with Gasteiger partial charge in [-0.2, -0.15) is 0 Å². The van der Waals surface area contributed by atoms with Gasteiger partial charge in [0.2, 0.25) is 0 Å². The molecule has 0 radical (unpaired) electrons. The fourth-order valence-corrected chi connectivity index (χ4v) is 1.10. The third kappa shape index (κ3) is 1.03. The molecule has 1 aliphatic heterocycles. The van der Waals surface area contributed by atoms with Crippen LogP contribution in [0.4, 0.5) is 0 Å². The molecule has 0 amide bonds. The van der Waals surface area contributed by atoms with Crippen LogP contribution in [0.3, 0.4) is 0 Å². The largest absolute Gasteiger partial charge is 0.385 e. The third-order valence-corrected chi connectivity index (χ3v) is 1.69. The molecule has 0 aromatic carbocycles. The highest BCUT2D eigenvalue weighted by Crippen LogP contribution is 2.16. The van der Waals surface area contributed by atoms with Gasteiger partial charge in [0.25, 0.3) is 0 Å². The topological polar surface area (TPSA) is 38.0 Å². The van der Waals surface area contributed by atoms with Crippen molar-refractivity contribution in [3.05, 3.63) is 11.2 Å². The SMILES string of the molecule is CC1NC(N)=CS1. The first-order chi connectivity index (χ1) is 3.29. The molecule has 7 heavy (non-hydrogen) atoms. The van der Waals surface area contributed by atoms with Crippen molar-refractivity contribution in [3.63, 3.8) is 0 Å². The van der Waals surface area contributed by atoms with E-state index in [0.29, 0.717) is 5.37 Å². The summed E-state index contributed by atoms with van der Waals surface area (Å²) >= 11 is 1.71. The van der Waals surface area contributed by atoms with Gasteiger partial charge in [-0.1, -0.05) is 0 Å². The van der Waals surface area contributed by atoms with Gasteiger partial charge < -0.3 is 11.1 Å². The van der Waals surface area contributed by atoms with Gasteiger partial charge in [0.05, 0.1) is 5.37 Å². The monoisotopic (exact) mass is 116 g/mol. The molecule has 40 valence electrons. The molecule has 1 rings (SSSR count). The highest BCUT2D eigenvalue weighted by atomic mass is 32.2. The van der Waals surface area contributed by atoms with Crippen LogP contribution in [-0.4, -0.2) is 5.37 Å². The second kappa shape index (κ2) is 1.66. The zero-order chi connectivity index (χ0) is 5.28. The Morgan fingerprint density at radius 1 is 2.00 bits per heavy atom. The summed E-state index contributed by atoms with van der Waals surface area (Å²) in [5.41, 5.74) is 5.35. The quantitative estimate of drug-likeness (QED) is 0.482. The lowest BCUT2D eigenvalue weighted by molar-refractivity contribution is 0.810. The summed E-state index contributed by atoms with van der Waals surface area (Å²) in [6, 6.07) is 0. The molecule has 1 aliphatic rings. The summed E-state index contributed by atoms with van der Waals surface area (Å²) in [5, 5.41) is 5.41. The summed E-state index contributed by atoms with van der Waals surface area (Å²) in [6.07, 6.45) is 0. The average molecular weight is 116 g/mol. The fraction of sp³-hybridized carbons (Fsp3) is 0.500. The van der Waals surface area contributed by atoms with Gasteiger partial charge in [-0.25, -0.2) is 0 Å². The predicted octanol–water partition coefficient (Wildman–Crippen LogP) is 0.426. The normalized spacial score (nSPS) is 29.3. The van der Waals surface area contributed by atoms with Crippen LogP contribution in [0.5, 0.6) is 0 Å². The number of nitrogens with one attached hydrogen (secondary N) is 1. The maximum atomic E-state index is 5.35. The standard InChI is InChI=1S/C4H8N2S/c1-3-6-4(5)2-7-3/h2-3,6H,5H2,1H3. The zero-order valence-corrected chi connectivity index (χ0v) is 4.96. The maximum Gasteiger partial charge on any atom is 0.103 e. The minimum Gasteiger partial charge on any atom is -0.385 e. The molecule has 0 spiro atoms. The van der Waals surface area contributed by atoms with Gasteiger partial charge in [0.1, 0.15) is 5.82 Å². The van der Waals surface area contributed by atoms with Crippen LogP contribution in [0.25, 0.3) is 0 Å². The van der Waals surface area contributed by atoms with Crippen molar-refractivity contribution in [3.8, 4) is 0 Å². The maximum absolute atomic E-state index is 5.35. The molecule has 0 aromatic rings. The molecule has 0 fully saturated rings. The van der Waals surface area contributed by atoms with Crippen molar-refractivity contribution < 1.29 is 0 Å². The summed E-state index contributed by atoms with van der Waals surface area (Å²) in [6.45, 7) is 2.07. The molecule has 1 unspecified atom stereocenters. The van der Waals surface area contributed by atoms with Crippen LogP contribution in [0.15, 0.2) is 11.2 Å². The van der Waals surface area contributed by atoms with Crippen LogP contribution < -0.4 is 11.1 Å². The summed E-state index contributed by atoms with van der Waals surface area (Å²) in [4.78, 5) is 0. The minimum atomic E-state index is 0.472. The van der Waals surface area contributed by atoms with E-state index in [9.17, 15) is 0 Å². The number of thioether (sulfide) groups is 1. The van der Waals surface area contributed by atoms with Crippen molar-refractivity contribution in [1.29, 1.82) is 0 Å². The molecule has 2 nitrogen and oxygen atoms in total. The molecule has 1 heterocycles. The molecule has 0 saturated heterocycles. The number of hydrogen-bond donors (Lipinski definition) is 2. The van der Waals surface area contributed by atoms with Gasteiger partial charge >= 0.3 is 0 Å². The number of rotatable bonds is 0. The van der Waals surface area contributed by atoms with E-state index >= 15 is 0 Å². The van der Waals surface area contributed by atoms with E-state index in [4.69, 9.17) is 5.73 Å². The highest BCUT2D eigenvalue weighted by Gasteiger charge is 2.05. The zero-order valence-electron chi connectivity index (χ0n) is 4.14. The molecule has 3 N–H and O–H groups in total. The smallest absolute Gasteiger partial charge is 0.103 e. The van der Waals surface area contributed by atoms with Gasteiger partial charge in [-0.3, -0.25) is 0 Å². The molecular formula is C4H8N2S. The van der Waals surface area contributed by atoms with Crippen molar-refractivity contribution in [1.82, 2.24) is 5.32 Å². The Morgan fingerprint density at radius 2 is 2.71 bits per heavy atom. The first kappa shape index (κ1) is 4.84. The number of nitrogens with two attached hydrogens (primary N) is 1. The summed E-state index contributed by atoms with van der Waals surface area (Å²) in [7, 11) is 0. The van der Waals surface area contributed by atoms with Crippen LogP contribution in [0, 0.1) is 0 Å². The van der Waals surface area contributed by atoms with Gasteiger partial charge in [-0.15, -0.1) is 11.8 Å². The molecule has 0 aliphatic carbocycles. The fourth-order valence-electron chi connectivity index (χ4n) is 0.478. The lowest BCUT2D eigenvalue weighted by Gasteiger charge is -2.00.